The lowest BCUT2D eigenvalue weighted by molar-refractivity contribution is -0.151. The Kier molecular flexibility index (Phi) is 8.50. The summed E-state index contributed by atoms with van der Waals surface area (Å²) in [5.41, 5.74) is 2.82. The van der Waals surface area contributed by atoms with Gasteiger partial charge in [0.25, 0.3) is 0 Å². The second-order valence-corrected chi connectivity index (χ2v) is 8.37. The van der Waals surface area contributed by atoms with Crippen LogP contribution < -0.4 is 10.1 Å². The lowest BCUT2D eigenvalue weighted by Crippen LogP contribution is -2.43. The van der Waals surface area contributed by atoms with Crippen molar-refractivity contribution in [3.63, 3.8) is 0 Å². The van der Waals surface area contributed by atoms with E-state index in [4.69, 9.17) is 18.9 Å². The van der Waals surface area contributed by atoms with Gasteiger partial charge in [0.05, 0.1) is 25.9 Å². The first-order chi connectivity index (χ1) is 16.3. The number of nitrogens with one attached hydrogen (secondary N) is 1. The summed E-state index contributed by atoms with van der Waals surface area (Å²) in [6.07, 6.45) is 0.485. The zero-order valence-corrected chi connectivity index (χ0v) is 20.4. The Morgan fingerprint density at radius 2 is 1.79 bits per heavy atom. The quantitative estimate of drug-likeness (QED) is 0.333. The first kappa shape index (κ1) is 25.5. The molecule has 0 saturated carbocycles. The van der Waals surface area contributed by atoms with Gasteiger partial charge in [0, 0.05) is 29.5 Å². The standard InChI is InChI=1S/C26H33NO7/c1-6-32-12-13-34-26(30)21-16(4)27-19-14-15(3)20(25(29)31-5)24(28)23(19)22(21)17-8-10-18(11-9-17)33-7-2/h8-11,15,20,22,27H,6-7,12-14H2,1-5H3/t15-,20+,22+/m1/s1. The van der Waals surface area contributed by atoms with Crippen LogP contribution in [0.4, 0.5) is 0 Å². The van der Waals surface area contributed by atoms with E-state index in [1.165, 1.54) is 7.11 Å². The van der Waals surface area contributed by atoms with Gasteiger partial charge in [-0.25, -0.2) is 4.79 Å². The molecule has 0 amide bonds. The fourth-order valence-corrected chi connectivity index (χ4v) is 4.62. The monoisotopic (exact) mass is 471 g/mol. The van der Waals surface area contributed by atoms with Gasteiger partial charge >= 0.3 is 11.9 Å². The smallest absolute Gasteiger partial charge is 0.336 e. The van der Waals surface area contributed by atoms with Gasteiger partial charge in [-0.15, -0.1) is 0 Å². The summed E-state index contributed by atoms with van der Waals surface area (Å²) in [4.78, 5) is 39.4. The average molecular weight is 472 g/mol. The van der Waals surface area contributed by atoms with Gasteiger partial charge < -0.3 is 24.3 Å². The Bertz CT molecular complexity index is 993. The number of carbonyl (C=O) groups is 3. The molecular formula is C26H33NO7. The zero-order chi connectivity index (χ0) is 24.8. The molecule has 0 radical (unpaired) electrons. The number of benzene rings is 1. The van der Waals surface area contributed by atoms with Crippen LogP contribution in [-0.2, 0) is 28.6 Å². The molecule has 3 atom stereocenters. The van der Waals surface area contributed by atoms with Gasteiger partial charge in [-0.3, -0.25) is 9.59 Å². The van der Waals surface area contributed by atoms with Gasteiger partial charge in [-0.05, 0) is 50.8 Å². The molecule has 0 fully saturated rings. The number of methoxy groups -OCH3 is 1. The van der Waals surface area contributed by atoms with E-state index in [1.807, 2.05) is 45.0 Å². The minimum Gasteiger partial charge on any atom is -0.494 e. The molecule has 1 aromatic rings. The minimum absolute atomic E-state index is 0.0983. The summed E-state index contributed by atoms with van der Waals surface area (Å²) >= 11 is 0. The number of dihydropyridines is 1. The normalized spacial score (nSPS) is 22.1. The topological polar surface area (TPSA) is 100 Å². The van der Waals surface area contributed by atoms with Crippen molar-refractivity contribution >= 4 is 17.7 Å². The van der Waals surface area contributed by atoms with Crippen molar-refractivity contribution < 1.29 is 33.3 Å². The van der Waals surface area contributed by atoms with E-state index in [9.17, 15) is 14.4 Å². The molecule has 1 aromatic carbocycles. The highest BCUT2D eigenvalue weighted by Gasteiger charge is 2.47. The fraction of sp³-hybridized carbons (Fsp3) is 0.500. The van der Waals surface area contributed by atoms with Gasteiger partial charge in [0.15, 0.2) is 5.78 Å². The van der Waals surface area contributed by atoms with Crippen LogP contribution in [-0.4, -0.2) is 51.3 Å². The third kappa shape index (κ3) is 5.17. The minimum atomic E-state index is -0.927. The van der Waals surface area contributed by atoms with E-state index < -0.39 is 23.8 Å². The summed E-state index contributed by atoms with van der Waals surface area (Å²) in [5, 5.41) is 3.25. The maximum Gasteiger partial charge on any atom is 0.336 e. The average Bonchev–Trinajstić information content (AvgIpc) is 2.81. The van der Waals surface area contributed by atoms with Crippen molar-refractivity contribution in [1.29, 1.82) is 0 Å². The number of carbonyl (C=O) groups excluding carboxylic acids is 3. The lowest BCUT2D eigenvalue weighted by Gasteiger charge is -2.38. The van der Waals surface area contributed by atoms with Crippen molar-refractivity contribution in [2.24, 2.45) is 11.8 Å². The van der Waals surface area contributed by atoms with Crippen LogP contribution in [0.1, 0.15) is 45.6 Å². The van der Waals surface area contributed by atoms with Crippen molar-refractivity contribution in [1.82, 2.24) is 5.32 Å². The van der Waals surface area contributed by atoms with Crippen LogP contribution in [0.3, 0.4) is 0 Å². The van der Waals surface area contributed by atoms with Gasteiger partial charge in [0.1, 0.15) is 18.3 Å². The third-order valence-corrected chi connectivity index (χ3v) is 6.15. The summed E-state index contributed by atoms with van der Waals surface area (Å²) in [5.74, 6) is -2.59. The number of hydrogen-bond donors (Lipinski definition) is 1. The second-order valence-electron chi connectivity index (χ2n) is 8.37. The van der Waals surface area contributed by atoms with E-state index in [1.54, 1.807) is 6.92 Å². The van der Waals surface area contributed by atoms with Gasteiger partial charge in [0.2, 0.25) is 0 Å². The van der Waals surface area contributed by atoms with Crippen LogP contribution in [0, 0.1) is 11.8 Å². The van der Waals surface area contributed by atoms with Crippen LogP contribution >= 0.6 is 0 Å². The molecular weight excluding hydrogens is 438 g/mol. The number of allylic oxidation sites excluding steroid dienone is 3. The van der Waals surface area contributed by atoms with Crippen LogP contribution in [0.25, 0.3) is 0 Å². The molecule has 0 saturated heterocycles. The molecule has 0 bridgehead atoms. The SMILES string of the molecule is CCOCCOC(=O)C1=C(C)NC2=C(C(=O)[C@@H](C(=O)OC)[C@H](C)C2)[C@H]1c1ccc(OCC)cc1. The maximum absolute atomic E-state index is 13.7. The van der Waals surface area contributed by atoms with Gasteiger partial charge in [-0.1, -0.05) is 19.1 Å². The predicted octanol–water partition coefficient (Wildman–Crippen LogP) is 3.28. The first-order valence-corrected chi connectivity index (χ1v) is 11.6. The largest absolute Gasteiger partial charge is 0.494 e. The highest BCUT2D eigenvalue weighted by atomic mass is 16.6. The molecule has 34 heavy (non-hydrogen) atoms. The van der Waals surface area contributed by atoms with Gasteiger partial charge in [-0.2, -0.15) is 0 Å². The van der Waals surface area contributed by atoms with E-state index in [0.29, 0.717) is 42.2 Å². The van der Waals surface area contributed by atoms with Crippen molar-refractivity contribution in [2.75, 3.05) is 33.5 Å². The lowest BCUT2D eigenvalue weighted by atomic mass is 9.69. The summed E-state index contributed by atoms with van der Waals surface area (Å²) in [6.45, 7) is 8.84. The molecule has 1 N–H and O–H groups in total. The highest BCUT2D eigenvalue weighted by molar-refractivity contribution is 6.12. The number of esters is 2. The number of hydrogen-bond acceptors (Lipinski definition) is 8. The zero-order valence-electron chi connectivity index (χ0n) is 20.4. The molecule has 184 valence electrons. The molecule has 1 aliphatic heterocycles. The van der Waals surface area contributed by atoms with Crippen molar-refractivity contribution in [3.8, 4) is 5.75 Å². The summed E-state index contributed by atoms with van der Waals surface area (Å²) in [7, 11) is 1.28. The Morgan fingerprint density at radius 3 is 2.41 bits per heavy atom. The molecule has 2 aliphatic rings. The van der Waals surface area contributed by atoms with Crippen molar-refractivity contribution in [2.45, 2.75) is 40.0 Å². The molecule has 1 heterocycles. The molecule has 8 heteroatoms. The van der Waals surface area contributed by atoms with E-state index in [0.717, 1.165) is 11.3 Å². The number of rotatable bonds is 9. The van der Waals surface area contributed by atoms with Crippen LogP contribution in [0.2, 0.25) is 0 Å². The van der Waals surface area contributed by atoms with E-state index >= 15 is 0 Å². The Balaban J connectivity index is 2.06. The first-order valence-electron chi connectivity index (χ1n) is 11.6. The summed E-state index contributed by atoms with van der Waals surface area (Å²) < 4.78 is 21.2. The number of ketones is 1. The molecule has 0 aromatic heterocycles. The second kappa shape index (κ2) is 11.3. The maximum atomic E-state index is 13.7. The Hall–Kier alpha value is -3.13. The Morgan fingerprint density at radius 1 is 1.09 bits per heavy atom. The highest BCUT2D eigenvalue weighted by Crippen LogP contribution is 2.45. The molecule has 0 spiro atoms. The number of ether oxygens (including phenoxy) is 4. The third-order valence-electron chi connectivity index (χ3n) is 6.15. The molecule has 3 rings (SSSR count). The molecule has 1 aliphatic carbocycles. The molecule has 0 unspecified atom stereocenters. The predicted molar refractivity (Wildman–Crippen MR) is 125 cm³/mol. The van der Waals surface area contributed by atoms with Crippen LogP contribution in [0.5, 0.6) is 5.75 Å². The van der Waals surface area contributed by atoms with Crippen molar-refractivity contribution in [3.05, 3.63) is 52.4 Å². The number of Topliss-reactive ketones (excluding diaryl/α,β-unsaturated/α-hetero) is 1. The Labute approximate surface area is 200 Å². The van der Waals surface area contributed by atoms with E-state index in [-0.39, 0.29) is 24.9 Å². The fourth-order valence-electron chi connectivity index (χ4n) is 4.62. The van der Waals surface area contributed by atoms with Crippen LogP contribution in [0.15, 0.2) is 46.8 Å². The molecule has 8 nitrogen and oxygen atoms in total. The summed E-state index contributed by atoms with van der Waals surface area (Å²) in [6, 6.07) is 7.29. The van der Waals surface area contributed by atoms with E-state index in [2.05, 4.69) is 5.32 Å².